The molecule has 1 heterocycles. The minimum absolute atomic E-state index is 0.0429. The molecular formula is C20H23Cl2N3O3S. The number of rotatable bonds is 4. The molecule has 156 valence electrons. The number of hydrogen-bond donors (Lipinski definition) is 2. The van der Waals surface area contributed by atoms with Gasteiger partial charge in [0, 0.05) is 28.2 Å². The molecule has 9 heteroatoms. The minimum atomic E-state index is -3.75. The van der Waals surface area contributed by atoms with Gasteiger partial charge in [-0.05, 0) is 67.8 Å². The summed E-state index contributed by atoms with van der Waals surface area (Å²) in [5.74, 6) is 0.553. The fourth-order valence-electron chi connectivity index (χ4n) is 4.27. The topological polar surface area (TPSA) is 98.6 Å². The maximum absolute atomic E-state index is 11.5. The van der Waals surface area contributed by atoms with Crippen LogP contribution in [-0.2, 0) is 16.4 Å². The third-order valence-corrected chi connectivity index (χ3v) is 7.12. The fraction of sp³-hybridized carbons (Fsp3) is 0.400. The van der Waals surface area contributed by atoms with Gasteiger partial charge in [0.15, 0.2) is 0 Å². The molecule has 1 fully saturated rings. The van der Waals surface area contributed by atoms with Gasteiger partial charge in [0.25, 0.3) is 0 Å². The number of sulfonamides is 1. The molecule has 1 aliphatic heterocycles. The van der Waals surface area contributed by atoms with Gasteiger partial charge >= 0.3 is 0 Å². The van der Waals surface area contributed by atoms with Crippen molar-refractivity contribution in [2.45, 2.75) is 42.3 Å². The van der Waals surface area contributed by atoms with Crippen molar-refractivity contribution in [2.24, 2.45) is 10.9 Å². The molecule has 0 aromatic heterocycles. The standard InChI is InChI=1S/C20H23Cl2N3O3S/c21-12-8-17-16(18(22)9-12)10-19(25-7-1-2-13(23)11-25)20(17)28-14-3-5-15(6-4-14)29(24,26)27/h3-6,8-9,13,19-20H,1-2,7,10-11,23H2,(H2,24,26,27)/t13-,19-,20+/m1/s1. The molecule has 0 unspecified atom stereocenters. The molecule has 0 radical (unpaired) electrons. The summed E-state index contributed by atoms with van der Waals surface area (Å²) < 4.78 is 29.4. The van der Waals surface area contributed by atoms with E-state index < -0.39 is 10.0 Å². The number of halogens is 2. The van der Waals surface area contributed by atoms with Gasteiger partial charge in [-0.1, -0.05) is 23.2 Å². The van der Waals surface area contributed by atoms with Crippen molar-refractivity contribution in [3.63, 3.8) is 0 Å². The summed E-state index contributed by atoms with van der Waals surface area (Å²) >= 11 is 12.8. The lowest BCUT2D eigenvalue weighted by atomic mass is 10.0. The zero-order valence-corrected chi connectivity index (χ0v) is 18.1. The number of piperidine rings is 1. The smallest absolute Gasteiger partial charge is 0.238 e. The molecule has 6 nitrogen and oxygen atoms in total. The number of ether oxygens (including phenoxy) is 1. The maximum Gasteiger partial charge on any atom is 0.238 e. The van der Waals surface area contributed by atoms with Crippen LogP contribution in [0.4, 0.5) is 0 Å². The van der Waals surface area contributed by atoms with Gasteiger partial charge in [-0.25, -0.2) is 13.6 Å². The first-order chi connectivity index (χ1) is 13.7. The van der Waals surface area contributed by atoms with Crippen molar-refractivity contribution >= 4 is 33.2 Å². The highest BCUT2D eigenvalue weighted by atomic mass is 35.5. The number of fused-ring (bicyclic) bond motifs is 1. The Hall–Kier alpha value is -1.35. The van der Waals surface area contributed by atoms with Crippen molar-refractivity contribution in [1.82, 2.24) is 4.90 Å². The van der Waals surface area contributed by atoms with Crippen molar-refractivity contribution in [1.29, 1.82) is 0 Å². The van der Waals surface area contributed by atoms with Crippen molar-refractivity contribution < 1.29 is 13.2 Å². The average Bonchev–Trinajstić information content (AvgIpc) is 3.00. The summed E-state index contributed by atoms with van der Waals surface area (Å²) in [7, 11) is -3.75. The van der Waals surface area contributed by atoms with Gasteiger partial charge in [0.1, 0.15) is 11.9 Å². The van der Waals surface area contributed by atoms with Crippen molar-refractivity contribution in [2.75, 3.05) is 13.1 Å². The Labute approximate surface area is 180 Å². The van der Waals surface area contributed by atoms with E-state index in [1.165, 1.54) is 12.1 Å². The quantitative estimate of drug-likeness (QED) is 0.737. The van der Waals surface area contributed by atoms with E-state index in [1.807, 2.05) is 6.07 Å². The summed E-state index contributed by atoms with van der Waals surface area (Å²) in [6.45, 7) is 1.75. The number of likely N-dealkylation sites (tertiary alicyclic amines) is 1. The molecule has 4 N–H and O–H groups in total. The van der Waals surface area contributed by atoms with Crippen LogP contribution in [0.25, 0.3) is 0 Å². The van der Waals surface area contributed by atoms with Crippen LogP contribution in [0.3, 0.4) is 0 Å². The van der Waals surface area contributed by atoms with Crippen LogP contribution >= 0.6 is 23.2 Å². The highest BCUT2D eigenvalue weighted by molar-refractivity contribution is 7.89. The van der Waals surface area contributed by atoms with E-state index >= 15 is 0 Å². The van der Waals surface area contributed by atoms with Crippen LogP contribution in [-0.4, -0.2) is 38.5 Å². The molecule has 2 aliphatic rings. The number of benzene rings is 2. The van der Waals surface area contributed by atoms with Gasteiger partial charge in [-0.2, -0.15) is 0 Å². The summed E-state index contributed by atoms with van der Waals surface area (Å²) in [6.07, 6.45) is 2.52. The Balaban J connectivity index is 1.67. The lowest BCUT2D eigenvalue weighted by molar-refractivity contribution is 0.0593. The lowest BCUT2D eigenvalue weighted by Gasteiger charge is -2.38. The Morgan fingerprint density at radius 2 is 1.86 bits per heavy atom. The van der Waals surface area contributed by atoms with Crippen molar-refractivity contribution in [3.8, 4) is 5.75 Å². The van der Waals surface area contributed by atoms with E-state index in [0.717, 1.165) is 43.5 Å². The predicted octanol–water partition coefficient (Wildman–Crippen LogP) is 3.11. The zero-order valence-electron chi connectivity index (χ0n) is 15.7. The molecule has 29 heavy (non-hydrogen) atoms. The van der Waals surface area contributed by atoms with Crippen LogP contribution in [0.1, 0.15) is 30.1 Å². The molecule has 3 atom stereocenters. The number of nitrogens with zero attached hydrogens (tertiary/aromatic N) is 1. The van der Waals surface area contributed by atoms with Crippen LogP contribution in [0.15, 0.2) is 41.3 Å². The molecule has 4 rings (SSSR count). The van der Waals surface area contributed by atoms with Crippen LogP contribution in [0, 0.1) is 0 Å². The molecular weight excluding hydrogens is 433 g/mol. The van der Waals surface area contributed by atoms with E-state index in [4.69, 9.17) is 38.8 Å². The monoisotopic (exact) mass is 455 g/mol. The Bertz CT molecular complexity index is 1010. The molecule has 0 saturated carbocycles. The molecule has 2 aromatic carbocycles. The van der Waals surface area contributed by atoms with E-state index in [1.54, 1.807) is 18.2 Å². The van der Waals surface area contributed by atoms with Crippen LogP contribution in [0.5, 0.6) is 5.75 Å². The minimum Gasteiger partial charge on any atom is -0.484 e. The number of hydrogen-bond acceptors (Lipinski definition) is 5. The van der Waals surface area contributed by atoms with E-state index in [-0.39, 0.29) is 23.1 Å². The second-order valence-corrected chi connectivity index (χ2v) is 10.1. The Morgan fingerprint density at radius 3 is 2.52 bits per heavy atom. The van der Waals surface area contributed by atoms with Gasteiger partial charge < -0.3 is 10.5 Å². The van der Waals surface area contributed by atoms with Gasteiger partial charge in [0.05, 0.1) is 10.9 Å². The second-order valence-electron chi connectivity index (χ2n) is 7.68. The zero-order chi connectivity index (χ0) is 20.8. The third kappa shape index (κ3) is 4.40. The fourth-order valence-corrected chi connectivity index (χ4v) is 5.38. The van der Waals surface area contributed by atoms with E-state index in [2.05, 4.69) is 4.90 Å². The first kappa shape index (κ1) is 20.9. The van der Waals surface area contributed by atoms with Gasteiger partial charge in [-0.3, -0.25) is 4.90 Å². The number of nitrogens with two attached hydrogens (primary N) is 2. The van der Waals surface area contributed by atoms with E-state index in [0.29, 0.717) is 15.8 Å². The molecule has 1 saturated heterocycles. The molecule has 2 aromatic rings. The highest BCUT2D eigenvalue weighted by Gasteiger charge is 2.40. The summed E-state index contributed by atoms with van der Waals surface area (Å²) in [4.78, 5) is 2.41. The van der Waals surface area contributed by atoms with Gasteiger partial charge in [0.2, 0.25) is 10.0 Å². The van der Waals surface area contributed by atoms with Gasteiger partial charge in [-0.15, -0.1) is 0 Å². The molecule has 0 spiro atoms. The SMILES string of the molecule is N[C@@H]1CCCN([C@@H]2Cc3c(Cl)cc(Cl)cc3[C@@H]2Oc2ccc(S(N)(=O)=O)cc2)C1. The second kappa shape index (κ2) is 8.06. The van der Waals surface area contributed by atoms with Crippen molar-refractivity contribution in [3.05, 3.63) is 57.6 Å². The largest absolute Gasteiger partial charge is 0.484 e. The highest BCUT2D eigenvalue weighted by Crippen LogP contribution is 2.43. The Kier molecular flexibility index (Phi) is 5.81. The summed E-state index contributed by atoms with van der Waals surface area (Å²) in [5, 5.41) is 6.38. The molecule has 0 bridgehead atoms. The maximum atomic E-state index is 11.5. The van der Waals surface area contributed by atoms with Crippen LogP contribution in [0.2, 0.25) is 10.0 Å². The number of primary sulfonamides is 1. The summed E-state index contributed by atoms with van der Waals surface area (Å²) in [6, 6.07) is 9.98. The normalized spacial score (nSPS) is 25.0. The first-order valence-corrected chi connectivity index (χ1v) is 11.8. The Morgan fingerprint density at radius 1 is 1.14 bits per heavy atom. The predicted molar refractivity (Wildman–Crippen MR) is 114 cm³/mol. The molecule has 1 aliphatic carbocycles. The van der Waals surface area contributed by atoms with E-state index in [9.17, 15) is 8.42 Å². The molecule has 0 amide bonds. The average molecular weight is 456 g/mol. The van der Waals surface area contributed by atoms with Crippen LogP contribution < -0.4 is 15.6 Å². The lowest BCUT2D eigenvalue weighted by Crippen LogP contribution is -2.49. The third-order valence-electron chi connectivity index (χ3n) is 5.64. The summed E-state index contributed by atoms with van der Waals surface area (Å²) in [5.41, 5.74) is 8.20. The first-order valence-electron chi connectivity index (χ1n) is 9.49.